The van der Waals surface area contributed by atoms with E-state index in [9.17, 15) is 0 Å². The number of nitrogens with one attached hydrogen (secondary N) is 1. The maximum absolute atomic E-state index is 3.74. The number of fused-ring (bicyclic) bond motifs is 1. The lowest BCUT2D eigenvalue weighted by molar-refractivity contribution is 0.0489. The Hall–Kier alpha value is -0.120. The minimum atomic E-state index is 0.843. The molecule has 3 rings (SSSR count). The normalized spacial score (nSPS) is 30.6. The third-order valence-electron chi connectivity index (χ3n) is 5.36. The smallest absolute Gasteiger partial charge is 0.0223 e. The molecule has 3 fully saturated rings. The Labute approximate surface area is 118 Å². The Morgan fingerprint density at radius 3 is 2.63 bits per heavy atom. The topological polar surface area (TPSA) is 18.5 Å². The fourth-order valence-corrected chi connectivity index (χ4v) is 4.16. The lowest BCUT2D eigenvalue weighted by Crippen LogP contribution is -2.55. The Morgan fingerprint density at radius 1 is 0.895 bits per heavy atom. The number of hydrogen-bond acceptors (Lipinski definition) is 3. The maximum atomic E-state index is 3.74. The van der Waals surface area contributed by atoms with Crippen molar-refractivity contribution in [3.05, 3.63) is 0 Å². The summed E-state index contributed by atoms with van der Waals surface area (Å²) in [7, 11) is 0. The van der Waals surface area contributed by atoms with Crippen molar-refractivity contribution >= 4 is 0 Å². The van der Waals surface area contributed by atoms with Crippen LogP contribution in [0.25, 0.3) is 0 Å². The van der Waals surface area contributed by atoms with Crippen molar-refractivity contribution < 1.29 is 0 Å². The number of hydrogen-bond donors (Lipinski definition) is 1. The molecule has 0 spiro atoms. The molecule has 19 heavy (non-hydrogen) atoms. The van der Waals surface area contributed by atoms with Crippen molar-refractivity contribution in [3.8, 4) is 0 Å². The molecule has 0 aromatic heterocycles. The molecule has 1 atom stereocenters. The van der Waals surface area contributed by atoms with Crippen molar-refractivity contribution in [1.82, 2.24) is 15.1 Å². The van der Waals surface area contributed by atoms with E-state index in [0.29, 0.717) is 0 Å². The summed E-state index contributed by atoms with van der Waals surface area (Å²) in [5.74, 6) is 0. The van der Waals surface area contributed by atoms with Crippen LogP contribution in [-0.4, -0.2) is 61.2 Å². The lowest BCUT2D eigenvalue weighted by Gasteiger charge is -2.44. The first kappa shape index (κ1) is 13.8. The second-order valence-corrected chi connectivity index (χ2v) is 6.78. The molecule has 2 saturated heterocycles. The minimum Gasteiger partial charge on any atom is -0.314 e. The Bertz CT molecular complexity index is 263. The summed E-state index contributed by atoms with van der Waals surface area (Å²) >= 11 is 0. The van der Waals surface area contributed by atoms with Gasteiger partial charge in [-0.1, -0.05) is 19.3 Å². The number of nitrogens with zero attached hydrogens (tertiary/aromatic N) is 2. The summed E-state index contributed by atoms with van der Waals surface area (Å²) in [5, 5.41) is 3.74. The standard InChI is InChI=1S/C16H31N3/c1-2-7-15(6-1)17-9-5-10-18-12-13-19-11-4-3-8-16(19)14-18/h15-17H,1-14H2. The second kappa shape index (κ2) is 7.05. The summed E-state index contributed by atoms with van der Waals surface area (Å²) in [6.45, 7) is 7.87. The SMILES string of the molecule is C1CCC(NCCCN2CCN3CCCCC3C2)C1. The quantitative estimate of drug-likeness (QED) is 0.768. The summed E-state index contributed by atoms with van der Waals surface area (Å²) in [5.41, 5.74) is 0. The van der Waals surface area contributed by atoms with Gasteiger partial charge in [-0.15, -0.1) is 0 Å². The molecule has 1 aliphatic carbocycles. The molecular formula is C16H31N3. The monoisotopic (exact) mass is 265 g/mol. The van der Waals surface area contributed by atoms with Gasteiger partial charge < -0.3 is 10.2 Å². The fraction of sp³-hybridized carbons (Fsp3) is 1.00. The highest BCUT2D eigenvalue weighted by atomic mass is 15.3. The zero-order valence-corrected chi connectivity index (χ0v) is 12.4. The average molecular weight is 265 g/mol. The van der Waals surface area contributed by atoms with Crippen LogP contribution in [0, 0.1) is 0 Å². The molecule has 0 bridgehead atoms. The molecule has 1 unspecified atom stereocenters. The number of piperazine rings is 1. The van der Waals surface area contributed by atoms with Gasteiger partial charge in [-0.2, -0.15) is 0 Å². The maximum Gasteiger partial charge on any atom is 0.0223 e. The van der Waals surface area contributed by atoms with Gasteiger partial charge in [0.25, 0.3) is 0 Å². The summed E-state index contributed by atoms with van der Waals surface area (Å²) in [6.07, 6.45) is 11.4. The molecule has 0 radical (unpaired) electrons. The molecule has 1 saturated carbocycles. The van der Waals surface area contributed by atoms with Crippen LogP contribution < -0.4 is 5.32 Å². The van der Waals surface area contributed by atoms with Crippen molar-refractivity contribution in [1.29, 1.82) is 0 Å². The molecule has 0 aromatic carbocycles. The molecule has 0 aromatic rings. The second-order valence-electron chi connectivity index (χ2n) is 6.78. The van der Waals surface area contributed by atoms with E-state index in [0.717, 1.165) is 12.1 Å². The summed E-state index contributed by atoms with van der Waals surface area (Å²) in [6, 6.07) is 1.72. The van der Waals surface area contributed by atoms with Crippen LogP contribution in [0.2, 0.25) is 0 Å². The highest BCUT2D eigenvalue weighted by Crippen LogP contribution is 2.21. The number of piperidine rings is 1. The highest BCUT2D eigenvalue weighted by Gasteiger charge is 2.28. The van der Waals surface area contributed by atoms with Gasteiger partial charge in [-0.05, 0) is 51.7 Å². The molecule has 110 valence electrons. The van der Waals surface area contributed by atoms with Crippen LogP contribution in [0.15, 0.2) is 0 Å². The molecule has 1 N–H and O–H groups in total. The van der Waals surface area contributed by atoms with Crippen LogP contribution in [0.1, 0.15) is 51.4 Å². The highest BCUT2D eigenvalue weighted by molar-refractivity contribution is 4.85. The zero-order chi connectivity index (χ0) is 12.9. The van der Waals surface area contributed by atoms with Gasteiger partial charge in [-0.3, -0.25) is 4.90 Å². The first-order valence-electron chi connectivity index (χ1n) is 8.61. The van der Waals surface area contributed by atoms with Crippen LogP contribution in [-0.2, 0) is 0 Å². The average Bonchev–Trinajstić information content (AvgIpc) is 2.97. The van der Waals surface area contributed by atoms with E-state index in [1.54, 1.807) is 0 Å². The van der Waals surface area contributed by atoms with Crippen LogP contribution >= 0.6 is 0 Å². The number of rotatable bonds is 5. The van der Waals surface area contributed by atoms with Crippen molar-refractivity contribution in [3.63, 3.8) is 0 Å². The predicted octanol–water partition coefficient (Wildman–Crippen LogP) is 2.08. The predicted molar refractivity (Wildman–Crippen MR) is 80.5 cm³/mol. The van der Waals surface area contributed by atoms with Crippen molar-refractivity contribution in [2.75, 3.05) is 39.3 Å². The van der Waals surface area contributed by atoms with E-state index in [4.69, 9.17) is 0 Å². The molecule has 3 nitrogen and oxygen atoms in total. The first-order chi connectivity index (χ1) is 9.42. The van der Waals surface area contributed by atoms with Crippen molar-refractivity contribution in [2.45, 2.75) is 63.5 Å². The van der Waals surface area contributed by atoms with E-state index in [2.05, 4.69) is 15.1 Å². The fourth-order valence-electron chi connectivity index (χ4n) is 4.16. The van der Waals surface area contributed by atoms with Gasteiger partial charge in [0.05, 0.1) is 0 Å². The molecular weight excluding hydrogens is 234 g/mol. The van der Waals surface area contributed by atoms with E-state index >= 15 is 0 Å². The van der Waals surface area contributed by atoms with Gasteiger partial charge in [-0.25, -0.2) is 0 Å². The van der Waals surface area contributed by atoms with Crippen molar-refractivity contribution in [2.24, 2.45) is 0 Å². The lowest BCUT2D eigenvalue weighted by atomic mass is 9.99. The molecule has 3 aliphatic rings. The molecule has 3 heteroatoms. The zero-order valence-electron chi connectivity index (χ0n) is 12.4. The van der Waals surface area contributed by atoms with E-state index in [1.807, 2.05) is 0 Å². The third-order valence-corrected chi connectivity index (χ3v) is 5.36. The van der Waals surface area contributed by atoms with Gasteiger partial charge >= 0.3 is 0 Å². The van der Waals surface area contributed by atoms with Crippen LogP contribution in [0.5, 0.6) is 0 Å². The van der Waals surface area contributed by atoms with Gasteiger partial charge in [0.15, 0.2) is 0 Å². The van der Waals surface area contributed by atoms with Crippen LogP contribution in [0.4, 0.5) is 0 Å². The first-order valence-corrected chi connectivity index (χ1v) is 8.61. The van der Waals surface area contributed by atoms with Crippen LogP contribution in [0.3, 0.4) is 0 Å². The third kappa shape index (κ3) is 3.93. The van der Waals surface area contributed by atoms with Gasteiger partial charge in [0, 0.05) is 31.7 Å². The largest absolute Gasteiger partial charge is 0.314 e. The van der Waals surface area contributed by atoms with E-state index < -0.39 is 0 Å². The summed E-state index contributed by atoms with van der Waals surface area (Å²) < 4.78 is 0. The summed E-state index contributed by atoms with van der Waals surface area (Å²) in [4.78, 5) is 5.44. The Balaban J connectivity index is 1.30. The van der Waals surface area contributed by atoms with E-state index in [-0.39, 0.29) is 0 Å². The molecule has 0 amide bonds. The molecule has 2 heterocycles. The van der Waals surface area contributed by atoms with Gasteiger partial charge in [0.2, 0.25) is 0 Å². The Morgan fingerprint density at radius 2 is 1.74 bits per heavy atom. The van der Waals surface area contributed by atoms with Gasteiger partial charge in [0.1, 0.15) is 0 Å². The van der Waals surface area contributed by atoms with E-state index in [1.165, 1.54) is 90.6 Å². The molecule has 2 aliphatic heterocycles. The minimum absolute atomic E-state index is 0.843. The Kier molecular flexibility index (Phi) is 5.14.